The van der Waals surface area contributed by atoms with Crippen molar-refractivity contribution >= 4 is 11.8 Å². The van der Waals surface area contributed by atoms with Crippen molar-refractivity contribution in [3.63, 3.8) is 0 Å². The molecule has 1 N–H and O–H groups in total. The summed E-state index contributed by atoms with van der Waals surface area (Å²) < 4.78 is 10.8. The Morgan fingerprint density at radius 3 is 2.65 bits per heavy atom. The Labute approximate surface area is 107 Å². The topological polar surface area (TPSA) is 30.5 Å². The largest absolute Gasteiger partial charge is 0.493 e. The van der Waals surface area contributed by atoms with Gasteiger partial charge in [-0.2, -0.15) is 0 Å². The van der Waals surface area contributed by atoms with E-state index in [-0.39, 0.29) is 0 Å². The minimum Gasteiger partial charge on any atom is -0.493 e. The van der Waals surface area contributed by atoms with Gasteiger partial charge < -0.3 is 14.8 Å². The van der Waals surface area contributed by atoms with Gasteiger partial charge in [-0.15, -0.1) is 11.8 Å². The first kappa shape index (κ1) is 12.6. The second-order valence-corrected chi connectivity index (χ2v) is 4.96. The molecular formula is C13H19NO2S. The highest BCUT2D eigenvalue weighted by atomic mass is 32.2. The number of benzene rings is 1. The molecule has 1 saturated heterocycles. The molecule has 1 aliphatic heterocycles. The number of thioether (sulfide) groups is 1. The van der Waals surface area contributed by atoms with Gasteiger partial charge in [0.15, 0.2) is 11.5 Å². The summed E-state index contributed by atoms with van der Waals surface area (Å²) in [6.07, 6.45) is 4.50. The first-order valence-electron chi connectivity index (χ1n) is 5.83. The zero-order valence-corrected chi connectivity index (χ0v) is 11.4. The van der Waals surface area contributed by atoms with E-state index in [9.17, 15) is 0 Å². The fourth-order valence-electron chi connectivity index (χ4n) is 2.27. The van der Waals surface area contributed by atoms with Gasteiger partial charge in [-0.05, 0) is 43.3 Å². The third-order valence-corrected chi connectivity index (χ3v) is 3.89. The van der Waals surface area contributed by atoms with Gasteiger partial charge >= 0.3 is 0 Å². The molecule has 0 saturated carbocycles. The summed E-state index contributed by atoms with van der Waals surface area (Å²) in [4.78, 5) is 1.13. The Balaban J connectivity index is 2.40. The molecule has 2 rings (SSSR count). The van der Waals surface area contributed by atoms with Crippen LogP contribution in [0.2, 0.25) is 0 Å². The van der Waals surface area contributed by atoms with E-state index >= 15 is 0 Å². The fraction of sp³-hybridized carbons (Fsp3) is 0.538. The lowest BCUT2D eigenvalue weighted by atomic mass is 10.0. The van der Waals surface area contributed by atoms with Crippen molar-refractivity contribution in [2.75, 3.05) is 27.0 Å². The van der Waals surface area contributed by atoms with Crippen molar-refractivity contribution in [2.24, 2.45) is 0 Å². The molecule has 0 spiro atoms. The van der Waals surface area contributed by atoms with Crippen LogP contribution in [0.3, 0.4) is 0 Å². The lowest BCUT2D eigenvalue weighted by Crippen LogP contribution is -2.13. The average molecular weight is 253 g/mol. The molecular weight excluding hydrogens is 234 g/mol. The Morgan fingerprint density at radius 2 is 2.12 bits per heavy atom. The van der Waals surface area contributed by atoms with Crippen molar-refractivity contribution in [3.05, 3.63) is 17.7 Å². The highest BCUT2D eigenvalue weighted by Gasteiger charge is 2.20. The van der Waals surface area contributed by atoms with E-state index in [2.05, 4.69) is 23.7 Å². The summed E-state index contributed by atoms with van der Waals surface area (Å²) in [5.41, 5.74) is 1.30. The molecule has 0 radical (unpaired) electrons. The summed E-state index contributed by atoms with van der Waals surface area (Å²) in [6, 6.07) is 4.75. The average Bonchev–Trinajstić information content (AvgIpc) is 2.90. The quantitative estimate of drug-likeness (QED) is 0.836. The minimum atomic E-state index is 0.459. The highest BCUT2D eigenvalue weighted by molar-refractivity contribution is 7.98. The summed E-state index contributed by atoms with van der Waals surface area (Å²) in [5, 5.41) is 3.51. The fourth-order valence-corrected chi connectivity index (χ4v) is 2.89. The molecule has 0 aliphatic carbocycles. The monoisotopic (exact) mass is 253 g/mol. The Bertz CT molecular complexity index is 364. The lowest BCUT2D eigenvalue weighted by Gasteiger charge is -2.17. The van der Waals surface area contributed by atoms with Crippen LogP contribution in [0, 0.1) is 0 Å². The highest BCUT2D eigenvalue weighted by Crippen LogP contribution is 2.40. The van der Waals surface area contributed by atoms with Crippen LogP contribution in [-0.4, -0.2) is 27.0 Å². The van der Waals surface area contributed by atoms with E-state index in [0.29, 0.717) is 6.04 Å². The Kier molecular flexibility index (Phi) is 4.18. The Hall–Kier alpha value is -0.870. The van der Waals surface area contributed by atoms with Crippen molar-refractivity contribution in [2.45, 2.75) is 23.8 Å². The number of ether oxygens (including phenoxy) is 2. The van der Waals surface area contributed by atoms with E-state index in [4.69, 9.17) is 9.47 Å². The standard InChI is InChI=1S/C13H19NO2S/c1-15-11-7-9(10-5-4-6-14-10)8-12(17-3)13(11)16-2/h7-8,10,14H,4-6H2,1-3H3. The molecule has 1 aliphatic rings. The predicted molar refractivity (Wildman–Crippen MR) is 71.3 cm³/mol. The van der Waals surface area contributed by atoms with Gasteiger partial charge in [-0.3, -0.25) is 0 Å². The molecule has 1 aromatic rings. The number of rotatable bonds is 4. The van der Waals surface area contributed by atoms with Gasteiger partial charge in [0, 0.05) is 6.04 Å². The van der Waals surface area contributed by atoms with Crippen LogP contribution in [-0.2, 0) is 0 Å². The molecule has 4 heteroatoms. The van der Waals surface area contributed by atoms with Crippen molar-refractivity contribution < 1.29 is 9.47 Å². The van der Waals surface area contributed by atoms with Crippen LogP contribution in [0.15, 0.2) is 17.0 Å². The molecule has 0 bridgehead atoms. The second-order valence-electron chi connectivity index (χ2n) is 4.11. The number of hydrogen-bond acceptors (Lipinski definition) is 4. The van der Waals surface area contributed by atoms with E-state index in [1.807, 2.05) is 0 Å². The van der Waals surface area contributed by atoms with Crippen LogP contribution < -0.4 is 14.8 Å². The van der Waals surface area contributed by atoms with Gasteiger partial charge in [0.2, 0.25) is 0 Å². The van der Waals surface area contributed by atoms with E-state index < -0.39 is 0 Å². The van der Waals surface area contributed by atoms with Crippen LogP contribution in [0.1, 0.15) is 24.4 Å². The first-order chi connectivity index (χ1) is 8.30. The number of methoxy groups -OCH3 is 2. The molecule has 0 aromatic heterocycles. The smallest absolute Gasteiger partial charge is 0.174 e. The zero-order valence-electron chi connectivity index (χ0n) is 10.6. The normalized spacial score (nSPS) is 19.4. The third-order valence-electron chi connectivity index (χ3n) is 3.15. The molecule has 1 fully saturated rings. The summed E-state index contributed by atoms with van der Waals surface area (Å²) in [6.45, 7) is 1.10. The minimum absolute atomic E-state index is 0.459. The summed E-state index contributed by atoms with van der Waals surface area (Å²) in [5.74, 6) is 1.66. The van der Waals surface area contributed by atoms with Crippen molar-refractivity contribution in [3.8, 4) is 11.5 Å². The molecule has 1 heterocycles. The van der Waals surface area contributed by atoms with Crippen molar-refractivity contribution in [1.82, 2.24) is 5.32 Å². The van der Waals surface area contributed by atoms with Gasteiger partial charge in [0.1, 0.15) is 0 Å². The van der Waals surface area contributed by atoms with Crippen molar-refractivity contribution in [1.29, 1.82) is 0 Å². The SMILES string of the molecule is COc1cc(C2CCCN2)cc(SC)c1OC. The van der Waals surface area contributed by atoms with Gasteiger partial charge in [-0.25, -0.2) is 0 Å². The maximum absolute atomic E-state index is 5.41. The van der Waals surface area contributed by atoms with Gasteiger partial charge in [0.25, 0.3) is 0 Å². The third kappa shape index (κ3) is 2.53. The molecule has 0 amide bonds. The first-order valence-corrected chi connectivity index (χ1v) is 7.06. The molecule has 1 aromatic carbocycles. The van der Waals surface area contributed by atoms with Gasteiger partial charge in [-0.1, -0.05) is 0 Å². The molecule has 94 valence electrons. The summed E-state index contributed by atoms with van der Waals surface area (Å²) in [7, 11) is 3.37. The zero-order chi connectivity index (χ0) is 12.3. The van der Waals surface area contributed by atoms with Gasteiger partial charge in [0.05, 0.1) is 19.1 Å². The summed E-state index contributed by atoms with van der Waals surface area (Å²) >= 11 is 1.69. The second kappa shape index (κ2) is 5.65. The maximum atomic E-state index is 5.41. The maximum Gasteiger partial charge on any atom is 0.174 e. The Morgan fingerprint density at radius 1 is 1.29 bits per heavy atom. The molecule has 1 unspecified atom stereocenters. The van der Waals surface area contributed by atoms with E-state index in [0.717, 1.165) is 22.9 Å². The van der Waals surface area contributed by atoms with E-state index in [1.54, 1.807) is 26.0 Å². The number of hydrogen-bond donors (Lipinski definition) is 1. The van der Waals surface area contributed by atoms with Crippen LogP contribution in [0.25, 0.3) is 0 Å². The molecule has 17 heavy (non-hydrogen) atoms. The lowest BCUT2D eigenvalue weighted by molar-refractivity contribution is 0.347. The predicted octanol–water partition coefficient (Wildman–Crippen LogP) is 2.85. The van der Waals surface area contributed by atoms with Crippen LogP contribution in [0.5, 0.6) is 11.5 Å². The number of nitrogens with one attached hydrogen (secondary N) is 1. The molecule has 3 nitrogen and oxygen atoms in total. The molecule has 1 atom stereocenters. The van der Waals surface area contributed by atoms with Crippen LogP contribution in [0.4, 0.5) is 0 Å². The van der Waals surface area contributed by atoms with E-state index in [1.165, 1.54) is 18.4 Å². The van der Waals surface area contributed by atoms with Crippen LogP contribution >= 0.6 is 11.8 Å².